The van der Waals surface area contributed by atoms with Gasteiger partial charge in [-0.3, -0.25) is 0 Å². The van der Waals surface area contributed by atoms with Gasteiger partial charge in [-0.25, -0.2) is 0 Å². The summed E-state index contributed by atoms with van der Waals surface area (Å²) in [4.78, 5) is 2.40. The average Bonchev–Trinajstić information content (AvgIpc) is 3.09. The molecule has 4 aromatic rings. The van der Waals surface area contributed by atoms with Crippen molar-refractivity contribution in [3.63, 3.8) is 0 Å². The third-order valence-electron chi connectivity index (χ3n) is 4.30. The van der Waals surface area contributed by atoms with Crippen molar-refractivity contribution >= 4 is 22.1 Å². The van der Waals surface area contributed by atoms with E-state index < -0.39 is 0 Å². The number of rotatable bonds is 4. The van der Waals surface area contributed by atoms with Crippen molar-refractivity contribution in [2.24, 2.45) is 0 Å². The highest BCUT2D eigenvalue weighted by atomic mass is 32.1. The van der Waals surface area contributed by atoms with Gasteiger partial charge in [0.1, 0.15) is 11.5 Å². The minimum atomic E-state index is 0.869. The highest BCUT2D eigenvalue weighted by Crippen LogP contribution is 2.50. The molecule has 0 atom stereocenters. The van der Waals surface area contributed by atoms with Crippen molar-refractivity contribution in [1.29, 1.82) is 0 Å². The molecule has 0 aliphatic heterocycles. The van der Waals surface area contributed by atoms with E-state index in [0.29, 0.717) is 0 Å². The van der Waals surface area contributed by atoms with E-state index in [-0.39, 0.29) is 0 Å². The summed E-state index contributed by atoms with van der Waals surface area (Å²) in [7, 11) is 3.44. The Labute approximate surface area is 151 Å². The summed E-state index contributed by atoms with van der Waals surface area (Å²) >= 11 is 1.78. The van der Waals surface area contributed by atoms with Gasteiger partial charge < -0.3 is 9.47 Å². The van der Waals surface area contributed by atoms with Crippen LogP contribution in [0.1, 0.15) is 0 Å². The van der Waals surface area contributed by atoms with Crippen LogP contribution in [-0.4, -0.2) is 14.2 Å². The lowest BCUT2D eigenvalue weighted by Gasteiger charge is -2.09. The first kappa shape index (κ1) is 15.7. The summed E-state index contributed by atoms with van der Waals surface area (Å²) in [5.74, 6) is 1.74. The predicted octanol–water partition coefficient (Wildman–Crippen LogP) is 6.25. The number of ether oxygens (including phenoxy) is 2. The van der Waals surface area contributed by atoms with Gasteiger partial charge >= 0.3 is 0 Å². The molecule has 4 rings (SSSR count). The number of benzene rings is 3. The molecule has 124 valence electrons. The highest BCUT2D eigenvalue weighted by molar-refractivity contribution is 7.21. The van der Waals surface area contributed by atoms with Gasteiger partial charge in [-0.2, -0.15) is 0 Å². The van der Waals surface area contributed by atoms with Gasteiger partial charge in [-0.05, 0) is 23.3 Å². The summed E-state index contributed by atoms with van der Waals surface area (Å²) < 4.78 is 11.4. The van der Waals surface area contributed by atoms with Gasteiger partial charge in [0.15, 0.2) is 0 Å². The van der Waals surface area contributed by atoms with Crippen molar-refractivity contribution in [2.45, 2.75) is 0 Å². The lowest BCUT2D eigenvalue weighted by molar-refractivity contribution is 0.411. The molecule has 2 nitrogen and oxygen atoms in total. The summed E-state index contributed by atoms with van der Waals surface area (Å²) in [5.41, 5.74) is 2.37. The Hall–Kier alpha value is -2.78. The van der Waals surface area contributed by atoms with Gasteiger partial charge in [0, 0.05) is 20.5 Å². The molecule has 0 fully saturated rings. The molecular formula is C22H18O2S. The quantitative estimate of drug-likeness (QED) is 0.435. The second-order valence-electron chi connectivity index (χ2n) is 5.71. The molecule has 1 heterocycles. The Morgan fingerprint density at radius 2 is 0.960 bits per heavy atom. The van der Waals surface area contributed by atoms with Crippen LogP contribution < -0.4 is 9.47 Å². The van der Waals surface area contributed by atoms with Gasteiger partial charge in [0.05, 0.1) is 14.2 Å². The summed E-state index contributed by atoms with van der Waals surface area (Å²) in [6.45, 7) is 0. The fourth-order valence-electron chi connectivity index (χ4n) is 3.15. The smallest absolute Gasteiger partial charge is 0.128 e. The van der Waals surface area contributed by atoms with Crippen molar-refractivity contribution in [3.8, 4) is 32.4 Å². The maximum absolute atomic E-state index is 5.69. The molecule has 0 N–H and O–H groups in total. The molecule has 0 aliphatic carbocycles. The summed E-state index contributed by atoms with van der Waals surface area (Å²) in [6.07, 6.45) is 0. The molecule has 0 saturated heterocycles. The number of methoxy groups -OCH3 is 2. The lowest BCUT2D eigenvalue weighted by atomic mass is 10.0. The van der Waals surface area contributed by atoms with E-state index in [1.807, 2.05) is 24.3 Å². The van der Waals surface area contributed by atoms with Crippen LogP contribution in [0.3, 0.4) is 0 Å². The van der Waals surface area contributed by atoms with Crippen LogP contribution in [0.2, 0.25) is 0 Å². The molecule has 3 heteroatoms. The van der Waals surface area contributed by atoms with E-state index in [2.05, 4.69) is 48.5 Å². The minimum Gasteiger partial charge on any atom is -0.496 e. The van der Waals surface area contributed by atoms with E-state index in [1.165, 1.54) is 20.9 Å². The normalized spacial score (nSPS) is 10.8. The molecule has 0 bridgehead atoms. The van der Waals surface area contributed by atoms with Crippen LogP contribution in [0.15, 0.2) is 72.8 Å². The molecule has 3 aromatic carbocycles. The monoisotopic (exact) mass is 346 g/mol. The molecule has 0 spiro atoms. The Kier molecular flexibility index (Phi) is 4.16. The molecule has 0 amide bonds. The highest BCUT2D eigenvalue weighted by Gasteiger charge is 2.21. The first-order chi connectivity index (χ1) is 12.3. The van der Waals surface area contributed by atoms with Crippen LogP contribution in [0.25, 0.3) is 31.7 Å². The zero-order valence-corrected chi connectivity index (χ0v) is 15.0. The van der Waals surface area contributed by atoms with E-state index in [1.54, 1.807) is 25.6 Å². The van der Waals surface area contributed by atoms with Gasteiger partial charge in [0.2, 0.25) is 0 Å². The Balaban J connectivity index is 2.13. The topological polar surface area (TPSA) is 18.5 Å². The second-order valence-corrected chi connectivity index (χ2v) is 6.73. The summed E-state index contributed by atoms with van der Waals surface area (Å²) in [6, 6.07) is 24.8. The fraction of sp³-hybridized carbons (Fsp3) is 0.0909. The van der Waals surface area contributed by atoms with Gasteiger partial charge in [0.25, 0.3) is 0 Å². The van der Waals surface area contributed by atoms with E-state index in [9.17, 15) is 0 Å². The second kappa shape index (κ2) is 6.61. The van der Waals surface area contributed by atoms with Crippen LogP contribution in [0, 0.1) is 0 Å². The Morgan fingerprint density at radius 3 is 1.32 bits per heavy atom. The zero-order chi connectivity index (χ0) is 17.2. The standard InChI is InChI=1S/C22H18O2S/c1-23-17-13-14-18(24-2)20-19(17)21(15-9-5-3-6-10-15)25-22(20)16-11-7-4-8-12-16/h3-14H,1-2H3. The van der Waals surface area contributed by atoms with Crippen molar-refractivity contribution < 1.29 is 9.47 Å². The molecule has 0 saturated carbocycles. The van der Waals surface area contributed by atoms with E-state index in [4.69, 9.17) is 9.47 Å². The van der Waals surface area contributed by atoms with Gasteiger partial charge in [-0.15, -0.1) is 11.3 Å². The number of fused-ring (bicyclic) bond motifs is 1. The average molecular weight is 346 g/mol. The van der Waals surface area contributed by atoms with Crippen LogP contribution in [-0.2, 0) is 0 Å². The molecule has 0 radical (unpaired) electrons. The first-order valence-corrected chi connectivity index (χ1v) is 8.93. The first-order valence-electron chi connectivity index (χ1n) is 8.12. The number of hydrogen-bond acceptors (Lipinski definition) is 3. The van der Waals surface area contributed by atoms with E-state index in [0.717, 1.165) is 22.3 Å². The van der Waals surface area contributed by atoms with Crippen LogP contribution >= 0.6 is 11.3 Å². The third kappa shape index (κ3) is 2.67. The number of thiophene rings is 1. The third-order valence-corrected chi connectivity index (χ3v) is 5.59. The van der Waals surface area contributed by atoms with Crippen LogP contribution in [0.4, 0.5) is 0 Å². The Bertz CT molecular complexity index is 923. The molecule has 25 heavy (non-hydrogen) atoms. The largest absolute Gasteiger partial charge is 0.496 e. The zero-order valence-electron chi connectivity index (χ0n) is 14.2. The minimum absolute atomic E-state index is 0.869. The lowest BCUT2D eigenvalue weighted by Crippen LogP contribution is -1.89. The van der Waals surface area contributed by atoms with Gasteiger partial charge in [-0.1, -0.05) is 60.7 Å². The SMILES string of the molecule is COc1ccc(OC)c2c(-c3ccccc3)sc(-c3ccccc3)c12. The maximum Gasteiger partial charge on any atom is 0.128 e. The molecule has 1 aromatic heterocycles. The molecular weight excluding hydrogens is 328 g/mol. The summed E-state index contributed by atoms with van der Waals surface area (Å²) in [5, 5.41) is 2.22. The van der Waals surface area contributed by atoms with Crippen molar-refractivity contribution in [2.75, 3.05) is 14.2 Å². The van der Waals surface area contributed by atoms with E-state index >= 15 is 0 Å². The molecule has 0 aliphatic rings. The fourth-order valence-corrected chi connectivity index (χ4v) is 4.47. The Morgan fingerprint density at radius 1 is 0.560 bits per heavy atom. The number of hydrogen-bond donors (Lipinski definition) is 0. The molecule has 0 unspecified atom stereocenters. The van der Waals surface area contributed by atoms with Crippen LogP contribution in [0.5, 0.6) is 11.5 Å². The maximum atomic E-state index is 5.69. The van der Waals surface area contributed by atoms with Crippen molar-refractivity contribution in [1.82, 2.24) is 0 Å². The predicted molar refractivity (Wildman–Crippen MR) is 106 cm³/mol. The van der Waals surface area contributed by atoms with Crippen molar-refractivity contribution in [3.05, 3.63) is 72.8 Å².